The number of fused-ring (bicyclic) bond motifs is 1. The molecule has 3 rings (SSSR count). The minimum Gasteiger partial charge on any atom is -0.323 e. The van der Waals surface area contributed by atoms with E-state index in [-0.39, 0.29) is 20.6 Å². The molecule has 0 aliphatic rings. The SMILES string of the molecule is Cc1nc2cc(N(CP(=O)(O)O)S(=O)(=O)c3cc(Cl)cc(Cl)c3)ccc2s1. The zero-order valence-corrected chi connectivity index (χ0v) is 17.7. The van der Waals surface area contributed by atoms with Crippen LogP contribution >= 0.6 is 42.1 Å². The van der Waals surface area contributed by atoms with Crippen LogP contribution in [0, 0.1) is 6.92 Å². The van der Waals surface area contributed by atoms with Crippen LogP contribution in [-0.4, -0.2) is 29.5 Å². The van der Waals surface area contributed by atoms with E-state index in [4.69, 9.17) is 23.2 Å². The molecular weight excluding hydrogens is 454 g/mol. The third-order valence-electron chi connectivity index (χ3n) is 3.50. The third kappa shape index (κ3) is 4.63. The van der Waals surface area contributed by atoms with Gasteiger partial charge < -0.3 is 9.79 Å². The van der Waals surface area contributed by atoms with E-state index in [2.05, 4.69) is 4.98 Å². The van der Waals surface area contributed by atoms with Crippen LogP contribution in [0.15, 0.2) is 41.3 Å². The highest BCUT2D eigenvalue weighted by molar-refractivity contribution is 7.93. The quantitative estimate of drug-likeness (QED) is 0.544. The Morgan fingerprint density at radius 3 is 2.37 bits per heavy atom. The van der Waals surface area contributed by atoms with E-state index in [1.54, 1.807) is 6.07 Å². The van der Waals surface area contributed by atoms with Crippen LogP contribution in [0.5, 0.6) is 0 Å². The fourth-order valence-corrected chi connectivity index (χ4v) is 6.67. The molecule has 0 atom stereocenters. The van der Waals surface area contributed by atoms with Crippen molar-refractivity contribution in [1.29, 1.82) is 0 Å². The van der Waals surface area contributed by atoms with Crippen LogP contribution in [0.1, 0.15) is 5.01 Å². The van der Waals surface area contributed by atoms with Crippen molar-refractivity contribution in [3.8, 4) is 0 Å². The molecule has 0 saturated carbocycles. The van der Waals surface area contributed by atoms with Crippen molar-refractivity contribution in [2.24, 2.45) is 0 Å². The van der Waals surface area contributed by atoms with E-state index in [9.17, 15) is 22.8 Å². The highest BCUT2D eigenvalue weighted by atomic mass is 35.5. The number of hydrogen-bond acceptors (Lipinski definition) is 5. The van der Waals surface area contributed by atoms with Gasteiger partial charge in [-0.15, -0.1) is 11.3 Å². The lowest BCUT2D eigenvalue weighted by atomic mass is 10.3. The second-order valence-electron chi connectivity index (χ2n) is 5.65. The average Bonchev–Trinajstić information content (AvgIpc) is 2.89. The molecule has 0 radical (unpaired) electrons. The van der Waals surface area contributed by atoms with E-state index >= 15 is 0 Å². The molecule has 0 bridgehead atoms. The molecule has 2 aromatic carbocycles. The summed E-state index contributed by atoms with van der Waals surface area (Å²) in [7, 11) is -9.07. The molecule has 27 heavy (non-hydrogen) atoms. The number of benzene rings is 2. The number of thiazole rings is 1. The molecule has 0 aliphatic heterocycles. The van der Waals surface area contributed by atoms with Gasteiger partial charge in [0.25, 0.3) is 10.0 Å². The summed E-state index contributed by atoms with van der Waals surface area (Å²) in [6, 6.07) is 8.29. The van der Waals surface area contributed by atoms with Crippen LogP contribution in [0.25, 0.3) is 10.2 Å². The molecule has 1 heterocycles. The smallest absolute Gasteiger partial charge is 0.323 e. The van der Waals surface area contributed by atoms with Gasteiger partial charge in [-0.25, -0.2) is 13.4 Å². The summed E-state index contributed by atoms with van der Waals surface area (Å²) in [6.45, 7) is 1.81. The number of hydrogen-bond donors (Lipinski definition) is 2. The van der Waals surface area contributed by atoms with E-state index in [0.29, 0.717) is 9.82 Å². The van der Waals surface area contributed by atoms with Crippen LogP contribution in [-0.2, 0) is 14.6 Å². The maximum atomic E-state index is 13.1. The summed E-state index contributed by atoms with van der Waals surface area (Å²) in [5, 5.41) is 0.957. The fourth-order valence-electron chi connectivity index (χ4n) is 2.45. The second kappa shape index (κ2) is 7.33. The van der Waals surface area contributed by atoms with Crippen LogP contribution in [0.3, 0.4) is 0 Å². The monoisotopic (exact) mass is 466 g/mol. The number of aryl methyl sites for hydroxylation is 1. The largest absolute Gasteiger partial charge is 0.345 e. The standard InChI is InChI=1S/C15H13Cl2N2O5PS2/c1-9-18-14-7-12(2-3-15(14)26-9)19(8-25(20,21)22)27(23,24)13-5-10(16)4-11(17)6-13/h2-7H,8H2,1H3,(H2,20,21,22). The average molecular weight is 467 g/mol. The molecule has 0 aliphatic carbocycles. The van der Waals surface area contributed by atoms with E-state index in [1.807, 2.05) is 6.92 Å². The predicted octanol–water partition coefficient (Wildman–Crippen LogP) is 4.24. The lowest BCUT2D eigenvalue weighted by Gasteiger charge is -2.25. The van der Waals surface area contributed by atoms with Gasteiger partial charge in [-0.2, -0.15) is 0 Å². The maximum absolute atomic E-state index is 13.1. The van der Waals surface area contributed by atoms with E-state index in [1.165, 1.54) is 41.7 Å². The molecule has 0 fully saturated rings. The zero-order chi connectivity index (χ0) is 20.0. The van der Waals surface area contributed by atoms with E-state index in [0.717, 1.165) is 9.71 Å². The summed E-state index contributed by atoms with van der Waals surface area (Å²) in [5.41, 5.74) is 0.609. The van der Waals surface area contributed by atoms with Crippen molar-refractivity contribution in [2.75, 3.05) is 10.6 Å². The van der Waals surface area contributed by atoms with Crippen molar-refractivity contribution in [3.05, 3.63) is 51.5 Å². The van der Waals surface area contributed by atoms with Gasteiger partial charge in [-0.05, 0) is 43.3 Å². The molecule has 0 saturated heterocycles. The minimum atomic E-state index is -4.72. The van der Waals surface area contributed by atoms with Crippen molar-refractivity contribution in [3.63, 3.8) is 0 Å². The van der Waals surface area contributed by atoms with Crippen molar-refractivity contribution in [1.82, 2.24) is 4.98 Å². The molecular formula is C15H13Cl2N2O5PS2. The third-order valence-corrected chi connectivity index (χ3v) is 7.49. The molecule has 12 heteroatoms. The molecule has 0 spiro atoms. The Labute approximate surface area is 169 Å². The van der Waals surface area contributed by atoms with Gasteiger partial charge in [-0.1, -0.05) is 23.2 Å². The maximum Gasteiger partial charge on any atom is 0.345 e. The summed E-state index contributed by atoms with van der Waals surface area (Å²) in [5.74, 6) is 0. The normalized spacial score (nSPS) is 12.5. The second-order valence-corrected chi connectivity index (χ2v) is 11.2. The summed E-state index contributed by atoms with van der Waals surface area (Å²) >= 11 is 13.2. The number of nitrogens with zero attached hydrogens (tertiary/aromatic N) is 2. The van der Waals surface area contributed by atoms with Gasteiger partial charge in [0.15, 0.2) is 0 Å². The summed E-state index contributed by atoms with van der Waals surface area (Å²) in [6.07, 6.45) is -1.03. The Morgan fingerprint density at radius 1 is 1.15 bits per heavy atom. The van der Waals surface area contributed by atoms with Crippen LogP contribution < -0.4 is 4.31 Å². The van der Waals surface area contributed by atoms with Gasteiger partial charge in [-0.3, -0.25) is 8.87 Å². The highest BCUT2D eigenvalue weighted by Gasteiger charge is 2.32. The first-order chi connectivity index (χ1) is 12.5. The molecule has 3 aromatic rings. The Kier molecular flexibility index (Phi) is 5.58. The van der Waals surface area contributed by atoms with Crippen LogP contribution in [0.4, 0.5) is 5.69 Å². The molecule has 0 amide bonds. The van der Waals surface area contributed by atoms with Gasteiger partial charge in [0, 0.05) is 10.0 Å². The van der Waals surface area contributed by atoms with Gasteiger partial charge in [0.1, 0.15) is 6.29 Å². The van der Waals surface area contributed by atoms with Crippen molar-refractivity contribution >= 4 is 68.1 Å². The van der Waals surface area contributed by atoms with Gasteiger partial charge >= 0.3 is 7.60 Å². The number of anilines is 1. The molecule has 144 valence electrons. The lowest BCUT2D eigenvalue weighted by molar-refractivity contribution is 0.373. The number of rotatable bonds is 5. The van der Waals surface area contributed by atoms with Crippen molar-refractivity contribution in [2.45, 2.75) is 11.8 Å². The topological polar surface area (TPSA) is 108 Å². The highest BCUT2D eigenvalue weighted by Crippen LogP contribution is 2.40. The summed E-state index contributed by atoms with van der Waals surface area (Å²) < 4.78 is 39.3. The molecule has 2 N–H and O–H groups in total. The molecule has 1 aromatic heterocycles. The van der Waals surface area contributed by atoms with E-state index < -0.39 is 23.9 Å². The van der Waals surface area contributed by atoms with Gasteiger partial charge in [0.05, 0.1) is 25.8 Å². The predicted molar refractivity (Wildman–Crippen MR) is 107 cm³/mol. The first kappa shape index (κ1) is 20.5. The number of sulfonamides is 1. The molecule has 7 nitrogen and oxygen atoms in total. The lowest BCUT2D eigenvalue weighted by Crippen LogP contribution is -2.32. The number of aromatic nitrogens is 1. The fraction of sp³-hybridized carbons (Fsp3) is 0.133. The number of halogens is 2. The Balaban J connectivity index is 2.18. The summed E-state index contributed by atoms with van der Waals surface area (Å²) in [4.78, 5) is 22.9. The van der Waals surface area contributed by atoms with Crippen LogP contribution in [0.2, 0.25) is 10.0 Å². The zero-order valence-electron chi connectivity index (χ0n) is 13.7. The minimum absolute atomic E-state index is 0.0761. The Hall–Kier alpha value is -1.19. The Morgan fingerprint density at radius 2 is 1.78 bits per heavy atom. The molecule has 0 unspecified atom stereocenters. The van der Waals surface area contributed by atoms with Gasteiger partial charge in [0.2, 0.25) is 0 Å². The van der Waals surface area contributed by atoms with Crippen molar-refractivity contribution < 1.29 is 22.8 Å². The Bertz CT molecular complexity index is 1160. The first-order valence-electron chi connectivity index (χ1n) is 7.36. The first-order valence-corrected chi connectivity index (χ1v) is 12.2.